The molecule has 2 amide bonds. The second-order valence-corrected chi connectivity index (χ2v) is 7.93. The Morgan fingerprint density at radius 2 is 1.96 bits per heavy atom. The summed E-state index contributed by atoms with van der Waals surface area (Å²) in [6.45, 7) is 5.50. The lowest BCUT2D eigenvalue weighted by atomic mass is 9.85. The number of rotatable bonds is 8. The first-order valence-electron chi connectivity index (χ1n) is 9.56. The molecule has 1 unspecified atom stereocenters. The molecule has 8 heteroatoms. The summed E-state index contributed by atoms with van der Waals surface area (Å²) in [5.74, 6) is -1.54. The van der Waals surface area contributed by atoms with Crippen molar-refractivity contribution in [2.45, 2.75) is 77.4 Å². The molecule has 1 saturated carbocycles. The highest BCUT2D eigenvalue weighted by atomic mass is 16.4. The number of hydrogen-bond donors (Lipinski definition) is 3. The van der Waals surface area contributed by atoms with Gasteiger partial charge in [0.2, 0.25) is 5.91 Å². The molecule has 0 bridgehead atoms. The van der Waals surface area contributed by atoms with E-state index in [1.165, 1.54) is 23.5 Å². The molecule has 0 saturated heterocycles. The van der Waals surface area contributed by atoms with E-state index in [0.29, 0.717) is 5.56 Å². The van der Waals surface area contributed by atoms with Crippen LogP contribution >= 0.6 is 0 Å². The van der Waals surface area contributed by atoms with Crippen molar-refractivity contribution in [3.05, 3.63) is 18.0 Å². The summed E-state index contributed by atoms with van der Waals surface area (Å²) in [4.78, 5) is 35.8. The average molecular weight is 378 g/mol. The quantitative estimate of drug-likeness (QED) is 0.640. The Bertz CT molecular complexity index is 679. The number of amides is 2. The molecule has 0 aromatic carbocycles. The summed E-state index contributed by atoms with van der Waals surface area (Å²) in [7, 11) is 0. The van der Waals surface area contributed by atoms with Gasteiger partial charge in [0.05, 0.1) is 23.7 Å². The molecule has 1 atom stereocenters. The van der Waals surface area contributed by atoms with Gasteiger partial charge in [-0.15, -0.1) is 0 Å². The predicted molar refractivity (Wildman–Crippen MR) is 100 cm³/mol. The number of hydrogen-bond acceptors (Lipinski definition) is 4. The molecular formula is C19H30N4O4. The van der Waals surface area contributed by atoms with Crippen LogP contribution in [-0.4, -0.2) is 44.3 Å². The van der Waals surface area contributed by atoms with Crippen LogP contribution in [0.3, 0.4) is 0 Å². The number of carboxylic acid groups (broad SMARTS) is 1. The number of carbonyl (C=O) groups is 3. The van der Waals surface area contributed by atoms with Crippen LogP contribution in [0.4, 0.5) is 0 Å². The van der Waals surface area contributed by atoms with Crippen LogP contribution in [0.2, 0.25) is 0 Å². The number of aliphatic carboxylic acids is 1. The Labute approximate surface area is 159 Å². The van der Waals surface area contributed by atoms with Crippen molar-refractivity contribution in [3.63, 3.8) is 0 Å². The lowest BCUT2D eigenvalue weighted by Crippen LogP contribution is -2.51. The Kier molecular flexibility index (Phi) is 6.98. The van der Waals surface area contributed by atoms with E-state index in [9.17, 15) is 14.4 Å². The largest absolute Gasteiger partial charge is 0.481 e. The summed E-state index contributed by atoms with van der Waals surface area (Å²) >= 11 is 0. The molecule has 0 spiro atoms. The van der Waals surface area contributed by atoms with Gasteiger partial charge in [-0.2, -0.15) is 5.10 Å². The lowest BCUT2D eigenvalue weighted by Gasteiger charge is -2.33. The highest BCUT2D eigenvalue weighted by molar-refractivity contribution is 5.94. The topological polar surface area (TPSA) is 113 Å². The van der Waals surface area contributed by atoms with E-state index in [4.69, 9.17) is 5.11 Å². The molecule has 1 aliphatic carbocycles. The molecule has 0 aliphatic heterocycles. The van der Waals surface area contributed by atoms with Gasteiger partial charge < -0.3 is 15.7 Å². The van der Waals surface area contributed by atoms with Crippen molar-refractivity contribution >= 4 is 17.8 Å². The maximum Gasteiger partial charge on any atom is 0.305 e. The van der Waals surface area contributed by atoms with E-state index in [2.05, 4.69) is 15.7 Å². The fourth-order valence-electron chi connectivity index (χ4n) is 3.27. The van der Waals surface area contributed by atoms with Crippen LogP contribution in [-0.2, 0) is 16.1 Å². The maximum absolute atomic E-state index is 12.5. The van der Waals surface area contributed by atoms with Crippen molar-refractivity contribution < 1.29 is 19.5 Å². The Balaban J connectivity index is 1.94. The maximum atomic E-state index is 12.5. The molecule has 0 radical (unpaired) electrons. The molecule has 1 fully saturated rings. The van der Waals surface area contributed by atoms with Crippen molar-refractivity contribution in [1.29, 1.82) is 0 Å². The summed E-state index contributed by atoms with van der Waals surface area (Å²) in [6.07, 6.45) is 8.26. The zero-order chi connectivity index (χ0) is 20.0. The normalized spacial score (nSPS) is 17.3. The molecule has 2 rings (SSSR count). The average Bonchev–Trinajstić information content (AvgIpc) is 3.03. The van der Waals surface area contributed by atoms with Gasteiger partial charge in [0.1, 0.15) is 6.54 Å². The summed E-state index contributed by atoms with van der Waals surface area (Å²) in [5.41, 5.74) is -0.568. The van der Waals surface area contributed by atoms with Crippen LogP contribution in [0, 0.1) is 5.92 Å². The third-order valence-electron chi connectivity index (χ3n) is 5.36. The fourth-order valence-corrected chi connectivity index (χ4v) is 3.27. The molecule has 150 valence electrons. The van der Waals surface area contributed by atoms with Crippen LogP contribution in [0.25, 0.3) is 0 Å². The van der Waals surface area contributed by atoms with Crippen molar-refractivity contribution in [1.82, 2.24) is 20.4 Å². The minimum Gasteiger partial charge on any atom is -0.481 e. The number of nitrogens with one attached hydrogen (secondary N) is 2. The second kappa shape index (κ2) is 9.01. The highest BCUT2D eigenvalue weighted by Gasteiger charge is 2.33. The Hall–Kier alpha value is -2.38. The Morgan fingerprint density at radius 1 is 1.30 bits per heavy atom. The van der Waals surface area contributed by atoms with E-state index in [1.807, 2.05) is 13.8 Å². The molecule has 3 N–H and O–H groups in total. The van der Waals surface area contributed by atoms with E-state index in [1.54, 1.807) is 6.92 Å². The van der Waals surface area contributed by atoms with Crippen LogP contribution in [0.1, 0.15) is 69.7 Å². The van der Waals surface area contributed by atoms with Gasteiger partial charge in [0.25, 0.3) is 5.91 Å². The molecule has 1 aromatic heterocycles. The van der Waals surface area contributed by atoms with E-state index in [0.717, 1.165) is 25.7 Å². The van der Waals surface area contributed by atoms with Crippen LogP contribution in [0.5, 0.6) is 0 Å². The monoisotopic (exact) mass is 378 g/mol. The smallest absolute Gasteiger partial charge is 0.305 e. The van der Waals surface area contributed by atoms with Gasteiger partial charge in [0.15, 0.2) is 0 Å². The van der Waals surface area contributed by atoms with Crippen molar-refractivity contribution in [3.8, 4) is 0 Å². The summed E-state index contributed by atoms with van der Waals surface area (Å²) in [6, 6.07) is 0.229. The van der Waals surface area contributed by atoms with E-state index >= 15 is 0 Å². The van der Waals surface area contributed by atoms with Gasteiger partial charge in [0, 0.05) is 12.2 Å². The third kappa shape index (κ3) is 6.08. The predicted octanol–water partition coefficient (Wildman–Crippen LogP) is 1.95. The van der Waals surface area contributed by atoms with Gasteiger partial charge in [-0.25, -0.2) is 0 Å². The van der Waals surface area contributed by atoms with E-state index < -0.39 is 17.4 Å². The standard InChI is InChI=1S/C19H30N4O4/c1-13(2)19(3,9-17(25)26)22-18(27)14-10-20-23(11-14)12-16(24)21-15-7-5-4-6-8-15/h10-11,13,15H,4-9,12H2,1-3H3,(H,21,24)(H,22,27)(H,25,26). The van der Waals surface area contributed by atoms with E-state index in [-0.39, 0.29) is 30.8 Å². The first-order chi connectivity index (χ1) is 12.7. The molecular weight excluding hydrogens is 348 g/mol. The fraction of sp³-hybridized carbons (Fsp3) is 0.684. The zero-order valence-electron chi connectivity index (χ0n) is 16.3. The molecule has 1 aliphatic rings. The highest BCUT2D eigenvalue weighted by Crippen LogP contribution is 2.21. The minimum absolute atomic E-state index is 0.0559. The first kappa shape index (κ1) is 20.9. The minimum atomic E-state index is -0.971. The van der Waals surface area contributed by atoms with Crippen molar-refractivity contribution in [2.24, 2.45) is 5.92 Å². The number of aromatic nitrogens is 2. The van der Waals surface area contributed by atoms with Gasteiger partial charge >= 0.3 is 5.97 Å². The Morgan fingerprint density at radius 3 is 2.56 bits per heavy atom. The molecule has 1 aromatic rings. The van der Waals surface area contributed by atoms with Crippen molar-refractivity contribution in [2.75, 3.05) is 0 Å². The van der Waals surface area contributed by atoms with Gasteiger partial charge in [-0.3, -0.25) is 19.1 Å². The first-order valence-corrected chi connectivity index (χ1v) is 9.56. The second-order valence-electron chi connectivity index (χ2n) is 7.93. The molecule has 27 heavy (non-hydrogen) atoms. The SMILES string of the molecule is CC(C)C(C)(CC(=O)O)NC(=O)c1cnn(CC(=O)NC2CCCCC2)c1. The molecule has 1 heterocycles. The van der Waals surface area contributed by atoms with Gasteiger partial charge in [-0.05, 0) is 25.7 Å². The van der Waals surface area contributed by atoms with Gasteiger partial charge in [-0.1, -0.05) is 33.1 Å². The summed E-state index contributed by atoms with van der Waals surface area (Å²) < 4.78 is 1.43. The molecule has 8 nitrogen and oxygen atoms in total. The number of nitrogens with zero attached hydrogens (tertiary/aromatic N) is 2. The number of carboxylic acids is 1. The van der Waals surface area contributed by atoms with Crippen LogP contribution < -0.4 is 10.6 Å². The van der Waals surface area contributed by atoms with Crippen LogP contribution in [0.15, 0.2) is 12.4 Å². The number of carbonyl (C=O) groups excluding carboxylic acids is 2. The summed E-state index contributed by atoms with van der Waals surface area (Å²) in [5, 5.41) is 19.0. The zero-order valence-corrected chi connectivity index (χ0v) is 16.3. The lowest BCUT2D eigenvalue weighted by molar-refractivity contribution is -0.139. The third-order valence-corrected chi connectivity index (χ3v) is 5.36.